The Balaban J connectivity index is 1.43. The van der Waals surface area contributed by atoms with Gasteiger partial charge in [-0.2, -0.15) is 4.98 Å². The highest BCUT2D eigenvalue weighted by molar-refractivity contribution is 7.90. The number of anilines is 4. The van der Waals surface area contributed by atoms with Crippen LogP contribution in [-0.4, -0.2) is 32.1 Å². The molecular formula is C23H27FN6O4S2. The quantitative estimate of drug-likeness (QED) is 0.325. The second-order valence-corrected chi connectivity index (χ2v) is 12.2. The first-order chi connectivity index (χ1) is 17.0. The molecule has 36 heavy (non-hydrogen) atoms. The van der Waals surface area contributed by atoms with Crippen LogP contribution in [0.15, 0.2) is 53.6 Å². The van der Waals surface area contributed by atoms with Crippen LogP contribution in [0.3, 0.4) is 0 Å². The zero-order valence-electron chi connectivity index (χ0n) is 19.5. The first-order valence-electron chi connectivity index (χ1n) is 11.3. The van der Waals surface area contributed by atoms with Crippen LogP contribution in [0.25, 0.3) is 0 Å². The Labute approximate surface area is 209 Å². The van der Waals surface area contributed by atoms with Gasteiger partial charge in [0.15, 0.2) is 11.6 Å². The van der Waals surface area contributed by atoms with Crippen molar-refractivity contribution in [3.8, 4) is 0 Å². The minimum atomic E-state index is -3.92. The van der Waals surface area contributed by atoms with E-state index >= 15 is 0 Å². The molecule has 0 unspecified atom stereocenters. The van der Waals surface area contributed by atoms with Gasteiger partial charge in [-0.3, -0.25) is 0 Å². The number of nitrogens with two attached hydrogens (primary N) is 1. The van der Waals surface area contributed by atoms with Gasteiger partial charge in [-0.05, 0) is 55.2 Å². The summed E-state index contributed by atoms with van der Waals surface area (Å²) >= 11 is 0. The van der Waals surface area contributed by atoms with Crippen LogP contribution in [0, 0.1) is 12.7 Å². The maximum atomic E-state index is 14.4. The summed E-state index contributed by atoms with van der Waals surface area (Å²) < 4.78 is 65.3. The molecule has 192 valence electrons. The average molecular weight is 535 g/mol. The van der Waals surface area contributed by atoms with Crippen molar-refractivity contribution in [1.29, 1.82) is 0 Å². The molecule has 0 bridgehead atoms. The maximum absolute atomic E-state index is 14.4. The largest absolute Gasteiger partial charge is 0.338 e. The predicted octanol–water partition coefficient (Wildman–Crippen LogP) is 3.42. The van der Waals surface area contributed by atoms with Crippen LogP contribution in [0.1, 0.15) is 36.8 Å². The van der Waals surface area contributed by atoms with E-state index in [4.69, 9.17) is 5.14 Å². The van der Waals surface area contributed by atoms with Crippen molar-refractivity contribution in [1.82, 2.24) is 14.7 Å². The van der Waals surface area contributed by atoms with Crippen molar-refractivity contribution in [3.05, 3.63) is 65.6 Å². The van der Waals surface area contributed by atoms with E-state index in [1.165, 1.54) is 6.07 Å². The number of primary sulfonamides is 1. The maximum Gasteiger partial charge on any atom is 0.238 e. The van der Waals surface area contributed by atoms with E-state index in [0.717, 1.165) is 24.6 Å². The first-order valence-corrected chi connectivity index (χ1v) is 14.4. The van der Waals surface area contributed by atoms with Crippen molar-refractivity contribution in [2.24, 2.45) is 5.14 Å². The normalized spacial score (nSPS) is 14.6. The summed E-state index contributed by atoms with van der Waals surface area (Å²) in [5, 5.41) is 10.6. The summed E-state index contributed by atoms with van der Waals surface area (Å²) in [6.45, 7) is 1.79. The first kappa shape index (κ1) is 25.9. The summed E-state index contributed by atoms with van der Waals surface area (Å²) in [5.74, 6) is -0.745. The smallest absolute Gasteiger partial charge is 0.238 e. The molecule has 4 rings (SSSR count). The zero-order valence-corrected chi connectivity index (χ0v) is 21.2. The highest BCUT2D eigenvalue weighted by Crippen LogP contribution is 2.25. The lowest BCUT2D eigenvalue weighted by atomic mass is 10.2. The number of nitrogens with zero attached hydrogens (tertiary/aromatic N) is 2. The molecule has 0 spiro atoms. The highest BCUT2D eigenvalue weighted by Gasteiger charge is 2.28. The molecule has 2 aromatic carbocycles. The highest BCUT2D eigenvalue weighted by atomic mass is 32.2. The van der Waals surface area contributed by atoms with Crippen LogP contribution >= 0.6 is 0 Å². The molecule has 1 heterocycles. The fourth-order valence-corrected chi connectivity index (χ4v) is 6.34. The van der Waals surface area contributed by atoms with E-state index in [-0.39, 0.29) is 28.5 Å². The lowest BCUT2D eigenvalue weighted by molar-refractivity contribution is 0.564. The topological polar surface area (TPSA) is 156 Å². The van der Waals surface area contributed by atoms with Gasteiger partial charge in [0.25, 0.3) is 0 Å². The third-order valence-electron chi connectivity index (χ3n) is 5.93. The molecule has 1 saturated carbocycles. The van der Waals surface area contributed by atoms with E-state index in [1.54, 1.807) is 43.3 Å². The Kier molecular flexibility index (Phi) is 7.54. The predicted molar refractivity (Wildman–Crippen MR) is 136 cm³/mol. The fourth-order valence-electron chi connectivity index (χ4n) is 3.97. The molecule has 5 N–H and O–H groups in total. The number of hydrogen-bond acceptors (Lipinski definition) is 8. The number of benzene rings is 2. The number of aromatic nitrogens is 2. The molecule has 1 aliphatic carbocycles. The Morgan fingerprint density at radius 1 is 1.00 bits per heavy atom. The van der Waals surface area contributed by atoms with Crippen LogP contribution in [-0.2, 0) is 26.6 Å². The number of rotatable bonds is 9. The van der Waals surface area contributed by atoms with E-state index in [9.17, 15) is 21.2 Å². The van der Waals surface area contributed by atoms with E-state index < -0.39 is 25.9 Å². The van der Waals surface area contributed by atoms with Gasteiger partial charge in [-0.15, -0.1) is 0 Å². The summed E-state index contributed by atoms with van der Waals surface area (Å²) in [5.41, 5.74) is 2.15. The van der Waals surface area contributed by atoms with Crippen molar-refractivity contribution in [2.45, 2.75) is 49.3 Å². The number of halogens is 1. The average Bonchev–Trinajstić information content (AvgIpc) is 3.38. The monoisotopic (exact) mass is 534 g/mol. The van der Waals surface area contributed by atoms with E-state index in [2.05, 4.69) is 25.3 Å². The summed E-state index contributed by atoms with van der Waals surface area (Å²) in [7, 11) is -7.26. The summed E-state index contributed by atoms with van der Waals surface area (Å²) in [4.78, 5) is 7.99. The molecular weight excluding hydrogens is 507 g/mol. The summed E-state index contributed by atoms with van der Waals surface area (Å²) in [6, 6.07) is 11.4. The van der Waals surface area contributed by atoms with Gasteiger partial charge < -0.3 is 10.6 Å². The van der Waals surface area contributed by atoms with Crippen molar-refractivity contribution < 1.29 is 21.2 Å². The van der Waals surface area contributed by atoms with Gasteiger partial charge in [0.05, 0.1) is 16.3 Å². The molecule has 1 aromatic heterocycles. The molecule has 13 heteroatoms. The number of aryl methyl sites for hydroxylation is 1. The molecule has 0 amide bonds. The van der Waals surface area contributed by atoms with Crippen molar-refractivity contribution >= 4 is 43.2 Å². The third-order valence-corrected chi connectivity index (χ3v) is 8.88. The van der Waals surface area contributed by atoms with Crippen molar-refractivity contribution in [3.63, 3.8) is 0 Å². The van der Waals surface area contributed by atoms with E-state index in [1.807, 2.05) is 0 Å². The standard InChI is InChI=1S/C23H27FN6O4S2/c1-15-6-9-18(12-21(15)35(25,31)32)29-23-26-14-20(24)22(30-23)28-17-10-7-16(8-11-17)13-27-36(33,34)19-4-2-3-5-19/h6-12,14,19,27H,2-5,13H2,1H3,(H2,25,31,32)(H2,26,28,29,30). The SMILES string of the molecule is Cc1ccc(Nc2ncc(F)c(Nc3ccc(CNS(=O)(=O)C4CCCC4)cc3)n2)cc1S(N)(=O)=O. The molecule has 1 aliphatic rings. The van der Waals surface area contributed by atoms with Crippen LogP contribution in [0.4, 0.5) is 27.5 Å². The van der Waals surface area contributed by atoms with Gasteiger partial charge in [-0.25, -0.2) is 36.1 Å². The van der Waals surface area contributed by atoms with Crippen molar-refractivity contribution in [2.75, 3.05) is 10.6 Å². The Morgan fingerprint density at radius 3 is 2.33 bits per heavy atom. The van der Waals surface area contributed by atoms with Gasteiger partial charge in [0.1, 0.15) is 0 Å². The third kappa shape index (κ3) is 6.35. The number of nitrogens with one attached hydrogen (secondary N) is 3. The molecule has 3 aromatic rings. The van der Waals surface area contributed by atoms with Gasteiger partial charge in [0.2, 0.25) is 26.0 Å². The minimum Gasteiger partial charge on any atom is -0.338 e. The van der Waals surface area contributed by atoms with E-state index in [0.29, 0.717) is 29.8 Å². The lowest BCUT2D eigenvalue weighted by Crippen LogP contribution is -2.32. The Hall–Kier alpha value is -3.13. The number of sulfonamides is 2. The molecule has 0 aliphatic heterocycles. The molecule has 1 fully saturated rings. The summed E-state index contributed by atoms with van der Waals surface area (Å²) in [6.07, 6.45) is 4.24. The molecule has 0 atom stereocenters. The van der Waals surface area contributed by atoms with Crippen LogP contribution in [0.2, 0.25) is 0 Å². The second kappa shape index (κ2) is 10.5. The molecule has 0 radical (unpaired) electrons. The fraction of sp³-hybridized carbons (Fsp3) is 0.304. The molecule has 0 saturated heterocycles. The van der Waals surface area contributed by atoms with Crippen LogP contribution < -0.4 is 20.5 Å². The Bertz CT molecular complexity index is 1460. The molecule has 10 nitrogen and oxygen atoms in total. The Morgan fingerprint density at radius 2 is 1.67 bits per heavy atom. The van der Waals surface area contributed by atoms with Gasteiger partial charge >= 0.3 is 0 Å². The van der Waals surface area contributed by atoms with Crippen LogP contribution in [0.5, 0.6) is 0 Å². The van der Waals surface area contributed by atoms with Gasteiger partial charge in [-0.1, -0.05) is 31.0 Å². The number of hydrogen-bond donors (Lipinski definition) is 4. The lowest BCUT2D eigenvalue weighted by Gasteiger charge is -2.13. The minimum absolute atomic E-state index is 0.0426. The zero-order chi connectivity index (χ0) is 25.9. The second-order valence-electron chi connectivity index (χ2n) is 8.63. The van der Waals surface area contributed by atoms with Gasteiger partial charge in [0, 0.05) is 17.9 Å².